The molecule has 0 spiro atoms. The molecule has 1 heterocycles. The van der Waals surface area contributed by atoms with Gasteiger partial charge in [-0.25, -0.2) is 13.2 Å². The number of hydrogen-bond donors (Lipinski definition) is 2. The minimum absolute atomic E-state index is 0.00611. The molecule has 1 aliphatic rings. The molecular formula is C12H21NO5S. The monoisotopic (exact) mass is 291 g/mol. The molecular weight excluding hydrogens is 270 g/mol. The number of rotatable bonds is 5. The molecule has 0 bridgehead atoms. The van der Waals surface area contributed by atoms with Crippen molar-refractivity contribution < 1.29 is 23.1 Å². The van der Waals surface area contributed by atoms with Crippen LogP contribution in [0.4, 0.5) is 0 Å². The second-order valence-corrected chi connectivity index (χ2v) is 7.36. The quantitative estimate of drug-likeness (QED) is 0.771. The molecule has 7 heteroatoms. The van der Waals surface area contributed by atoms with Gasteiger partial charge in [0.05, 0.1) is 5.75 Å². The number of hydrogen-bond acceptors (Lipinski definition) is 4. The van der Waals surface area contributed by atoms with Crippen molar-refractivity contribution in [3.8, 4) is 0 Å². The second kappa shape index (κ2) is 6.36. The van der Waals surface area contributed by atoms with Gasteiger partial charge in [-0.2, -0.15) is 0 Å². The molecule has 0 aliphatic carbocycles. The maximum Gasteiger partial charge on any atom is 0.326 e. The van der Waals surface area contributed by atoms with Crippen LogP contribution in [-0.2, 0) is 19.4 Å². The summed E-state index contributed by atoms with van der Waals surface area (Å²) >= 11 is 0. The Kier molecular flexibility index (Phi) is 5.34. The Hall–Kier alpha value is -1.11. The van der Waals surface area contributed by atoms with E-state index in [1.807, 2.05) is 6.92 Å². The Balaban J connectivity index is 2.79. The molecule has 1 rings (SSSR count). The second-order valence-electron chi connectivity index (χ2n) is 5.06. The van der Waals surface area contributed by atoms with Gasteiger partial charge in [0.1, 0.15) is 11.3 Å². The van der Waals surface area contributed by atoms with E-state index in [0.717, 1.165) is 0 Å². The standard InChI is InChI=1S/C12H21NO5S/c1-3-8(2)10(12(15)16)13-11(14)9-6-4-5-7-19(9,17)18/h8-10H,3-7H2,1-2H3,(H,13,14)(H,15,16)/t8-,9?,10-/m0/s1. The van der Waals surface area contributed by atoms with Crippen molar-refractivity contribution in [3.05, 3.63) is 0 Å². The van der Waals surface area contributed by atoms with Crippen molar-refractivity contribution in [2.45, 2.75) is 50.8 Å². The Morgan fingerprint density at radius 2 is 2.00 bits per heavy atom. The van der Waals surface area contributed by atoms with E-state index in [4.69, 9.17) is 5.11 Å². The summed E-state index contributed by atoms with van der Waals surface area (Å²) < 4.78 is 23.6. The summed E-state index contributed by atoms with van der Waals surface area (Å²) in [5.74, 6) is -2.04. The zero-order valence-electron chi connectivity index (χ0n) is 11.3. The largest absolute Gasteiger partial charge is 0.480 e. The molecule has 0 saturated carbocycles. The van der Waals surface area contributed by atoms with Crippen LogP contribution in [0.5, 0.6) is 0 Å². The van der Waals surface area contributed by atoms with Crippen LogP contribution in [0.2, 0.25) is 0 Å². The molecule has 0 radical (unpaired) electrons. The number of carboxylic acids is 1. The van der Waals surface area contributed by atoms with E-state index in [-0.39, 0.29) is 18.1 Å². The highest BCUT2D eigenvalue weighted by Gasteiger charge is 2.37. The van der Waals surface area contributed by atoms with Crippen molar-refractivity contribution in [2.75, 3.05) is 5.75 Å². The fourth-order valence-corrected chi connectivity index (χ4v) is 3.99. The van der Waals surface area contributed by atoms with Crippen molar-refractivity contribution in [1.82, 2.24) is 5.32 Å². The number of aliphatic carboxylic acids is 1. The van der Waals surface area contributed by atoms with Gasteiger partial charge in [-0.1, -0.05) is 26.7 Å². The predicted molar refractivity (Wildman–Crippen MR) is 70.4 cm³/mol. The lowest BCUT2D eigenvalue weighted by molar-refractivity contribution is -0.143. The van der Waals surface area contributed by atoms with Crippen molar-refractivity contribution in [1.29, 1.82) is 0 Å². The third-order valence-electron chi connectivity index (χ3n) is 3.65. The molecule has 1 fully saturated rings. The van der Waals surface area contributed by atoms with Gasteiger partial charge in [0.25, 0.3) is 0 Å². The molecule has 19 heavy (non-hydrogen) atoms. The van der Waals surface area contributed by atoms with Gasteiger partial charge in [-0.3, -0.25) is 4.79 Å². The van der Waals surface area contributed by atoms with E-state index in [2.05, 4.69) is 5.32 Å². The summed E-state index contributed by atoms with van der Waals surface area (Å²) in [6, 6.07) is -1.03. The average molecular weight is 291 g/mol. The van der Waals surface area contributed by atoms with Gasteiger partial charge < -0.3 is 10.4 Å². The molecule has 0 aromatic heterocycles. The van der Waals surface area contributed by atoms with Crippen molar-refractivity contribution in [2.24, 2.45) is 5.92 Å². The maximum absolute atomic E-state index is 12.0. The van der Waals surface area contributed by atoms with Gasteiger partial charge in [0.2, 0.25) is 5.91 Å². The fourth-order valence-electron chi connectivity index (χ4n) is 2.18. The predicted octanol–water partition coefficient (Wildman–Crippen LogP) is 0.569. The molecule has 6 nitrogen and oxygen atoms in total. The topological polar surface area (TPSA) is 101 Å². The third-order valence-corrected chi connectivity index (χ3v) is 5.82. The number of sulfone groups is 1. The normalized spacial score (nSPS) is 25.3. The van der Waals surface area contributed by atoms with Gasteiger partial charge >= 0.3 is 5.97 Å². The van der Waals surface area contributed by atoms with E-state index >= 15 is 0 Å². The molecule has 0 aromatic carbocycles. The van der Waals surface area contributed by atoms with Crippen LogP contribution in [-0.4, -0.2) is 42.4 Å². The molecule has 110 valence electrons. The lowest BCUT2D eigenvalue weighted by atomic mass is 9.99. The number of carbonyl (C=O) groups excluding carboxylic acids is 1. The molecule has 3 atom stereocenters. The Morgan fingerprint density at radius 3 is 2.47 bits per heavy atom. The summed E-state index contributed by atoms with van der Waals surface area (Å²) in [6.07, 6.45) is 2.12. The molecule has 1 aliphatic heterocycles. The fraction of sp³-hybridized carbons (Fsp3) is 0.833. The highest BCUT2D eigenvalue weighted by Crippen LogP contribution is 2.20. The van der Waals surface area contributed by atoms with Crippen molar-refractivity contribution in [3.63, 3.8) is 0 Å². The SMILES string of the molecule is CC[C@H](C)[C@H](NC(=O)C1CCCCS1(=O)=O)C(=O)O. The Labute approximate surface area is 113 Å². The molecule has 1 amide bonds. The highest BCUT2D eigenvalue weighted by molar-refractivity contribution is 7.92. The van der Waals surface area contributed by atoms with Crippen LogP contribution in [0.15, 0.2) is 0 Å². The lowest BCUT2D eigenvalue weighted by Crippen LogP contribution is -2.51. The zero-order valence-corrected chi connectivity index (χ0v) is 12.1. The van der Waals surface area contributed by atoms with Crippen LogP contribution in [0.3, 0.4) is 0 Å². The molecule has 0 aromatic rings. The van der Waals surface area contributed by atoms with Crippen LogP contribution >= 0.6 is 0 Å². The van der Waals surface area contributed by atoms with E-state index in [0.29, 0.717) is 19.3 Å². The summed E-state index contributed by atoms with van der Waals surface area (Å²) in [5, 5.41) is 10.4. The molecule has 2 N–H and O–H groups in total. The van der Waals surface area contributed by atoms with Gasteiger partial charge in [-0.05, 0) is 18.8 Å². The van der Waals surface area contributed by atoms with Gasteiger partial charge in [-0.15, -0.1) is 0 Å². The summed E-state index contributed by atoms with van der Waals surface area (Å²) in [4.78, 5) is 23.1. The van der Waals surface area contributed by atoms with Crippen LogP contribution in [0, 0.1) is 5.92 Å². The molecule has 1 saturated heterocycles. The first-order valence-electron chi connectivity index (χ1n) is 6.54. The van der Waals surface area contributed by atoms with Gasteiger partial charge in [0, 0.05) is 0 Å². The van der Waals surface area contributed by atoms with E-state index in [9.17, 15) is 18.0 Å². The first-order chi connectivity index (χ1) is 8.79. The Morgan fingerprint density at radius 1 is 1.37 bits per heavy atom. The number of amides is 1. The Bertz CT molecular complexity index is 445. The summed E-state index contributed by atoms with van der Waals surface area (Å²) in [7, 11) is -3.43. The number of carbonyl (C=O) groups is 2. The number of carboxylic acid groups (broad SMARTS) is 1. The highest BCUT2D eigenvalue weighted by atomic mass is 32.2. The van der Waals surface area contributed by atoms with Crippen LogP contribution in [0.25, 0.3) is 0 Å². The minimum atomic E-state index is -3.43. The minimum Gasteiger partial charge on any atom is -0.480 e. The maximum atomic E-state index is 12.0. The smallest absolute Gasteiger partial charge is 0.326 e. The average Bonchev–Trinajstić information content (AvgIpc) is 2.33. The van der Waals surface area contributed by atoms with Crippen LogP contribution < -0.4 is 5.32 Å². The van der Waals surface area contributed by atoms with E-state index < -0.39 is 33.0 Å². The number of nitrogens with one attached hydrogen (secondary N) is 1. The van der Waals surface area contributed by atoms with Gasteiger partial charge in [0.15, 0.2) is 9.84 Å². The summed E-state index contributed by atoms with van der Waals surface area (Å²) in [6.45, 7) is 3.54. The first-order valence-corrected chi connectivity index (χ1v) is 8.26. The summed E-state index contributed by atoms with van der Waals surface area (Å²) in [5.41, 5.74) is 0. The van der Waals surface area contributed by atoms with E-state index in [1.54, 1.807) is 6.92 Å². The van der Waals surface area contributed by atoms with E-state index in [1.165, 1.54) is 0 Å². The zero-order chi connectivity index (χ0) is 14.6. The lowest BCUT2D eigenvalue weighted by Gasteiger charge is -2.25. The van der Waals surface area contributed by atoms with Crippen LogP contribution in [0.1, 0.15) is 39.5 Å². The first kappa shape index (κ1) is 15.9. The van der Waals surface area contributed by atoms with Crippen molar-refractivity contribution >= 4 is 21.7 Å². The third kappa shape index (κ3) is 3.92. The molecule has 1 unspecified atom stereocenters.